The Bertz CT molecular complexity index is 314. The average molecular weight is 189 g/mol. The maximum absolute atomic E-state index is 5.50. The first-order chi connectivity index (χ1) is 6.81. The van der Waals surface area contributed by atoms with Crippen LogP contribution in [0.2, 0.25) is 0 Å². The minimum absolute atomic E-state index is 0.561. The minimum atomic E-state index is 0.561. The second-order valence-corrected chi connectivity index (χ2v) is 2.77. The van der Waals surface area contributed by atoms with E-state index >= 15 is 0 Å². The van der Waals surface area contributed by atoms with Crippen molar-refractivity contribution in [2.24, 2.45) is 10.8 Å². The Balaban J connectivity index is 2.88. The van der Waals surface area contributed by atoms with Crippen molar-refractivity contribution in [1.29, 1.82) is 0 Å². The summed E-state index contributed by atoms with van der Waals surface area (Å²) in [7, 11) is 0. The average Bonchev–Trinajstić information content (AvgIpc) is 2.26. The molecule has 1 aromatic carbocycles. The molecule has 0 heterocycles. The monoisotopic (exact) mass is 189 g/mol. The van der Waals surface area contributed by atoms with Gasteiger partial charge >= 0.3 is 0 Å². The normalized spacial score (nSPS) is 10.4. The molecule has 0 bridgehead atoms. The Morgan fingerprint density at radius 3 is 2.50 bits per heavy atom. The van der Waals surface area contributed by atoms with Crippen molar-refractivity contribution >= 4 is 11.9 Å². The van der Waals surface area contributed by atoms with Gasteiger partial charge in [0, 0.05) is 19.0 Å². The van der Waals surface area contributed by atoms with Crippen molar-refractivity contribution in [3.8, 4) is 0 Å². The second kappa shape index (κ2) is 5.19. The maximum atomic E-state index is 5.50. The molecule has 0 fully saturated rings. The van der Waals surface area contributed by atoms with E-state index in [0.29, 0.717) is 6.54 Å². The van der Waals surface area contributed by atoms with Crippen LogP contribution < -0.4 is 10.7 Å². The quantitative estimate of drug-likeness (QED) is 0.582. The van der Waals surface area contributed by atoms with E-state index in [4.69, 9.17) is 5.73 Å². The zero-order valence-corrected chi connectivity index (χ0v) is 8.35. The molecule has 3 nitrogen and oxygen atoms in total. The zero-order valence-electron chi connectivity index (χ0n) is 8.35. The molecule has 1 rings (SSSR count). The van der Waals surface area contributed by atoms with E-state index in [2.05, 4.69) is 11.7 Å². The Hall–Kier alpha value is -1.61. The van der Waals surface area contributed by atoms with Crippen LogP contribution in [0.25, 0.3) is 0 Å². The molecule has 0 aromatic heterocycles. The molecule has 0 aliphatic carbocycles. The van der Waals surface area contributed by atoms with Crippen LogP contribution in [0.3, 0.4) is 0 Å². The van der Waals surface area contributed by atoms with E-state index in [1.165, 1.54) is 0 Å². The molecule has 0 amide bonds. The topological polar surface area (TPSA) is 41.6 Å². The highest BCUT2D eigenvalue weighted by molar-refractivity contribution is 5.58. The molecule has 2 N–H and O–H groups in total. The summed E-state index contributed by atoms with van der Waals surface area (Å²) in [4.78, 5) is 0. The van der Waals surface area contributed by atoms with E-state index in [1.807, 2.05) is 31.2 Å². The lowest BCUT2D eigenvalue weighted by atomic mass is 10.2. The number of nitrogens with zero attached hydrogens (tertiary/aromatic N) is 2. The highest BCUT2D eigenvalue weighted by Gasteiger charge is 1.98. The first-order valence-electron chi connectivity index (χ1n) is 4.51. The standard InChI is InChI=1S/C11H15N3/c1-3-13-14(4-2)11-7-5-10(9-12)6-8-11/h3-8H,2,9,12H2,1H3/b13-3-. The zero-order chi connectivity index (χ0) is 10.4. The van der Waals surface area contributed by atoms with Gasteiger partial charge in [-0.05, 0) is 24.6 Å². The SMILES string of the molecule is C=CN(/N=C\C)c1ccc(CN)cc1. The van der Waals surface area contributed by atoms with Gasteiger partial charge in [0.2, 0.25) is 0 Å². The van der Waals surface area contributed by atoms with E-state index in [0.717, 1.165) is 11.3 Å². The lowest BCUT2D eigenvalue weighted by molar-refractivity contribution is 1.05. The van der Waals surface area contributed by atoms with Crippen molar-refractivity contribution in [3.05, 3.63) is 42.6 Å². The molecule has 0 aliphatic rings. The lowest BCUT2D eigenvalue weighted by Crippen LogP contribution is -2.06. The van der Waals surface area contributed by atoms with Gasteiger partial charge in [0.1, 0.15) is 0 Å². The van der Waals surface area contributed by atoms with E-state index in [1.54, 1.807) is 17.4 Å². The van der Waals surface area contributed by atoms with Crippen molar-refractivity contribution in [2.45, 2.75) is 13.5 Å². The van der Waals surface area contributed by atoms with Crippen LogP contribution in [0, 0.1) is 0 Å². The van der Waals surface area contributed by atoms with Crippen molar-refractivity contribution < 1.29 is 0 Å². The highest BCUT2D eigenvalue weighted by Crippen LogP contribution is 2.15. The summed E-state index contributed by atoms with van der Waals surface area (Å²) in [6.45, 7) is 6.11. The molecule has 3 heteroatoms. The number of benzene rings is 1. The third-order valence-corrected chi connectivity index (χ3v) is 1.85. The van der Waals surface area contributed by atoms with Gasteiger partial charge in [0.15, 0.2) is 0 Å². The number of hydrogen-bond donors (Lipinski definition) is 1. The predicted molar refractivity (Wildman–Crippen MR) is 61.2 cm³/mol. The third-order valence-electron chi connectivity index (χ3n) is 1.85. The Morgan fingerprint density at radius 1 is 1.43 bits per heavy atom. The fraction of sp³-hybridized carbons (Fsp3) is 0.182. The van der Waals surface area contributed by atoms with Gasteiger partial charge in [0.05, 0.1) is 5.69 Å². The molecule has 0 unspecified atom stereocenters. The van der Waals surface area contributed by atoms with E-state index < -0.39 is 0 Å². The Kier molecular flexibility index (Phi) is 3.88. The Morgan fingerprint density at radius 2 is 2.07 bits per heavy atom. The molecule has 0 spiro atoms. The van der Waals surface area contributed by atoms with Crippen LogP contribution >= 0.6 is 0 Å². The van der Waals surface area contributed by atoms with Crippen LogP contribution in [-0.4, -0.2) is 6.21 Å². The number of rotatable bonds is 4. The van der Waals surface area contributed by atoms with E-state index in [-0.39, 0.29) is 0 Å². The summed E-state index contributed by atoms with van der Waals surface area (Å²) in [6, 6.07) is 7.90. The molecular formula is C11H15N3. The fourth-order valence-electron chi connectivity index (χ4n) is 1.13. The molecule has 0 saturated carbocycles. The molecule has 0 saturated heterocycles. The van der Waals surface area contributed by atoms with Crippen molar-refractivity contribution in [2.75, 3.05) is 5.01 Å². The highest BCUT2D eigenvalue weighted by atomic mass is 15.4. The van der Waals surface area contributed by atoms with Gasteiger partial charge in [-0.15, -0.1) is 0 Å². The summed E-state index contributed by atoms with van der Waals surface area (Å²) in [5.74, 6) is 0. The van der Waals surface area contributed by atoms with Gasteiger partial charge in [-0.25, -0.2) is 5.01 Å². The van der Waals surface area contributed by atoms with Gasteiger partial charge in [0.25, 0.3) is 0 Å². The third kappa shape index (κ3) is 2.44. The van der Waals surface area contributed by atoms with Gasteiger partial charge < -0.3 is 5.73 Å². The molecule has 14 heavy (non-hydrogen) atoms. The summed E-state index contributed by atoms with van der Waals surface area (Å²) in [5, 5.41) is 5.84. The maximum Gasteiger partial charge on any atom is 0.0645 e. The summed E-state index contributed by atoms with van der Waals surface area (Å²) < 4.78 is 0. The van der Waals surface area contributed by atoms with Gasteiger partial charge in [-0.3, -0.25) is 0 Å². The first kappa shape index (κ1) is 10.5. The Labute approximate surface area is 84.5 Å². The first-order valence-corrected chi connectivity index (χ1v) is 4.51. The number of hydrogen-bond acceptors (Lipinski definition) is 3. The van der Waals surface area contributed by atoms with Gasteiger partial charge in [-0.1, -0.05) is 18.7 Å². The summed E-state index contributed by atoms with van der Waals surface area (Å²) in [6.07, 6.45) is 3.38. The minimum Gasteiger partial charge on any atom is -0.326 e. The number of hydrazone groups is 1. The molecule has 0 radical (unpaired) electrons. The second-order valence-electron chi connectivity index (χ2n) is 2.77. The molecule has 74 valence electrons. The molecular weight excluding hydrogens is 174 g/mol. The van der Waals surface area contributed by atoms with E-state index in [9.17, 15) is 0 Å². The predicted octanol–water partition coefficient (Wildman–Crippen LogP) is 2.10. The summed E-state index contributed by atoms with van der Waals surface area (Å²) in [5.41, 5.74) is 7.60. The van der Waals surface area contributed by atoms with Crippen molar-refractivity contribution in [3.63, 3.8) is 0 Å². The summed E-state index contributed by atoms with van der Waals surface area (Å²) >= 11 is 0. The van der Waals surface area contributed by atoms with Crippen LogP contribution in [-0.2, 0) is 6.54 Å². The van der Waals surface area contributed by atoms with Crippen LogP contribution in [0.1, 0.15) is 12.5 Å². The number of nitrogens with two attached hydrogens (primary N) is 1. The largest absolute Gasteiger partial charge is 0.326 e. The number of anilines is 1. The fourth-order valence-corrected chi connectivity index (χ4v) is 1.13. The lowest BCUT2D eigenvalue weighted by Gasteiger charge is -2.13. The van der Waals surface area contributed by atoms with Crippen LogP contribution in [0.4, 0.5) is 5.69 Å². The molecule has 1 aromatic rings. The van der Waals surface area contributed by atoms with Crippen LogP contribution in [0.5, 0.6) is 0 Å². The smallest absolute Gasteiger partial charge is 0.0645 e. The molecule has 0 atom stereocenters. The van der Waals surface area contributed by atoms with Crippen molar-refractivity contribution in [1.82, 2.24) is 0 Å². The van der Waals surface area contributed by atoms with Crippen LogP contribution in [0.15, 0.2) is 42.1 Å². The van der Waals surface area contributed by atoms with Gasteiger partial charge in [-0.2, -0.15) is 5.10 Å². The molecule has 0 aliphatic heterocycles.